The third-order valence-electron chi connectivity index (χ3n) is 5.27. The largest absolute Gasteiger partial charge is 0.497 e. The average molecular weight is 421 g/mol. The Bertz CT molecular complexity index is 1120. The Morgan fingerprint density at radius 3 is 2.58 bits per heavy atom. The van der Waals surface area contributed by atoms with Gasteiger partial charge in [-0.15, -0.1) is 0 Å². The third-order valence-corrected chi connectivity index (χ3v) is 5.27. The minimum atomic E-state index is -0.618. The summed E-state index contributed by atoms with van der Waals surface area (Å²) in [4.78, 5) is 27.2. The lowest BCUT2D eigenvalue weighted by Gasteiger charge is -2.33. The summed E-state index contributed by atoms with van der Waals surface area (Å²) in [5.74, 6) is 1.46. The predicted octanol–water partition coefficient (Wildman–Crippen LogP) is 3.87. The van der Waals surface area contributed by atoms with Crippen molar-refractivity contribution in [2.24, 2.45) is 0 Å². The minimum Gasteiger partial charge on any atom is -0.497 e. The van der Waals surface area contributed by atoms with Crippen LogP contribution in [0.1, 0.15) is 34.3 Å². The molecule has 0 radical (unpaired) electrons. The number of carbonyl (C=O) groups excluding carboxylic acids is 2. The van der Waals surface area contributed by atoms with Crippen LogP contribution in [0.5, 0.6) is 11.5 Å². The first kappa shape index (κ1) is 20.5. The van der Waals surface area contributed by atoms with Crippen molar-refractivity contribution in [3.63, 3.8) is 0 Å². The summed E-state index contributed by atoms with van der Waals surface area (Å²) >= 11 is 0. The molecule has 0 aliphatic carbocycles. The monoisotopic (exact) mass is 421 g/mol. The molecular weight excluding hydrogens is 398 g/mol. The van der Waals surface area contributed by atoms with Gasteiger partial charge in [0.2, 0.25) is 0 Å². The molecule has 0 saturated heterocycles. The fraction of sp³-hybridized carbons (Fsp3) is 0.261. The van der Waals surface area contributed by atoms with Crippen LogP contribution in [0.15, 0.2) is 47.0 Å². The number of hydrogen-bond donors (Lipinski definition) is 1. The minimum absolute atomic E-state index is 0.175. The summed E-state index contributed by atoms with van der Waals surface area (Å²) in [6.07, 6.45) is -0.618. The lowest BCUT2D eigenvalue weighted by molar-refractivity contribution is -0.125. The van der Waals surface area contributed by atoms with Gasteiger partial charge in [0.15, 0.2) is 6.10 Å². The van der Waals surface area contributed by atoms with Crippen LogP contribution in [0.25, 0.3) is 0 Å². The first-order valence-electron chi connectivity index (χ1n) is 9.86. The average Bonchev–Trinajstić information content (AvgIpc) is 3.09. The second-order valence-corrected chi connectivity index (χ2v) is 7.35. The number of aromatic nitrogens is 1. The van der Waals surface area contributed by atoms with Gasteiger partial charge >= 0.3 is 0 Å². The first-order valence-corrected chi connectivity index (χ1v) is 9.86. The van der Waals surface area contributed by atoms with Crippen molar-refractivity contribution in [1.29, 1.82) is 0 Å². The van der Waals surface area contributed by atoms with Crippen LogP contribution >= 0.6 is 0 Å². The quantitative estimate of drug-likeness (QED) is 0.672. The van der Waals surface area contributed by atoms with E-state index in [4.69, 9.17) is 14.0 Å². The Kier molecular flexibility index (Phi) is 5.37. The number of amides is 2. The summed E-state index contributed by atoms with van der Waals surface area (Å²) in [7, 11) is 1.57. The van der Waals surface area contributed by atoms with E-state index < -0.39 is 6.10 Å². The molecule has 1 N–H and O–H groups in total. The number of nitrogens with one attached hydrogen (secondary N) is 1. The molecule has 1 aromatic heterocycles. The summed E-state index contributed by atoms with van der Waals surface area (Å²) in [6.45, 7) is 5.67. The number of benzene rings is 2. The van der Waals surface area contributed by atoms with Gasteiger partial charge in [-0.1, -0.05) is 5.16 Å². The smallest absolute Gasteiger partial charge is 0.268 e. The molecular formula is C23H23N3O5. The van der Waals surface area contributed by atoms with Crippen LogP contribution in [-0.2, 0) is 11.3 Å². The lowest BCUT2D eigenvalue weighted by Crippen LogP contribution is -2.44. The maximum Gasteiger partial charge on any atom is 0.268 e. The highest BCUT2D eigenvalue weighted by molar-refractivity contribution is 6.05. The molecule has 0 bridgehead atoms. The first-order chi connectivity index (χ1) is 14.9. The van der Waals surface area contributed by atoms with Gasteiger partial charge in [-0.05, 0) is 63.2 Å². The summed E-state index contributed by atoms with van der Waals surface area (Å²) in [5.41, 5.74) is 3.20. The summed E-state index contributed by atoms with van der Waals surface area (Å²) in [6, 6.07) is 12.1. The third kappa shape index (κ3) is 3.96. The Balaban J connectivity index is 1.62. The second-order valence-electron chi connectivity index (χ2n) is 7.35. The highest BCUT2D eigenvalue weighted by atomic mass is 16.5. The molecule has 8 heteroatoms. The van der Waals surface area contributed by atoms with Crippen LogP contribution in [0.3, 0.4) is 0 Å². The van der Waals surface area contributed by atoms with Crippen molar-refractivity contribution in [3.05, 3.63) is 65.0 Å². The van der Waals surface area contributed by atoms with E-state index in [2.05, 4.69) is 10.5 Å². The van der Waals surface area contributed by atoms with Crippen LogP contribution in [0.2, 0.25) is 0 Å². The molecule has 1 atom stereocenters. The Morgan fingerprint density at radius 1 is 1.19 bits per heavy atom. The number of fused-ring (bicyclic) bond motifs is 1. The molecule has 0 saturated carbocycles. The fourth-order valence-corrected chi connectivity index (χ4v) is 3.48. The summed E-state index contributed by atoms with van der Waals surface area (Å²) in [5, 5.41) is 6.84. The molecule has 1 aliphatic rings. The number of hydrogen-bond acceptors (Lipinski definition) is 6. The zero-order chi connectivity index (χ0) is 22.1. The van der Waals surface area contributed by atoms with Crippen molar-refractivity contribution >= 4 is 23.2 Å². The molecule has 2 aromatic carbocycles. The van der Waals surface area contributed by atoms with Gasteiger partial charge in [-0.25, -0.2) is 0 Å². The molecule has 0 spiro atoms. The molecule has 2 heterocycles. The molecule has 0 fully saturated rings. The number of carbonyl (C=O) groups is 2. The van der Waals surface area contributed by atoms with Crippen LogP contribution in [-0.4, -0.2) is 30.2 Å². The Morgan fingerprint density at radius 2 is 1.94 bits per heavy atom. The number of aryl methyl sites for hydroxylation is 2. The van der Waals surface area contributed by atoms with E-state index in [0.717, 1.165) is 11.3 Å². The lowest BCUT2D eigenvalue weighted by atomic mass is 10.1. The maximum absolute atomic E-state index is 12.9. The Labute approximate surface area is 179 Å². The zero-order valence-electron chi connectivity index (χ0n) is 17.8. The van der Waals surface area contributed by atoms with E-state index in [1.807, 2.05) is 13.8 Å². The van der Waals surface area contributed by atoms with Gasteiger partial charge in [0.25, 0.3) is 11.8 Å². The SMILES string of the molecule is COc1ccc(C(=O)Nc2ccc3c(c2)N(Cc2c(C)noc2C)C(=O)C(C)O3)cc1. The van der Waals surface area contributed by atoms with Gasteiger partial charge < -0.3 is 24.2 Å². The standard InChI is InChI=1S/C23H23N3O5/c1-13-19(14(2)31-25-13)12-26-20-11-17(7-10-21(20)30-15(3)23(26)28)24-22(27)16-5-8-18(29-4)9-6-16/h5-11,15H,12H2,1-4H3,(H,24,27). The van der Waals surface area contributed by atoms with Gasteiger partial charge in [-0.2, -0.15) is 0 Å². The van der Waals surface area contributed by atoms with Crippen molar-refractivity contribution in [1.82, 2.24) is 5.16 Å². The van der Waals surface area contributed by atoms with Crippen molar-refractivity contribution in [3.8, 4) is 11.5 Å². The highest BCUT2D eigenvalue weighted by Gasteiger charge is 2.33. The van der Waals surface area contributed by atoms with Crippen LogP contribution < -0.4 is 19.7 Å². The fourth-order valence-electron chi connectivity index (χ4n) is 3.48. The van der Waals surface area contributed by atoms with E-state index in [0.29, 0.717) is 40.7 Å². The van der Waals surface area contributed by atoms with E-state index in [9.17, 15) is 9.59 Å². The van der Waals surface area contributed by atoms with E-state index in [1.165, 1.54) is 0 Å². The normalized spacial score (nSPS) is 15.3. The number of methoxy groups -OCH3 is 1. The van der Waals surface area contributed by atoms with Crippen molar-refractivity contribution < 1.29 is 23.6 Å². The molecule has 31 heavy (non-hydrogen) atoms. The number of anilines is 2. The molecule has 1 unspecified atom stereocenters. The second kappa shape index (κ2) is 8.14. The van der Waals surface area contributed by atoms with Gasteiger partial charge in [-0.3, -0.25) is 9.59 Å². The molecule has 2 amide bonds. The maximum atomic E-state index is 12.9. The molecule has 160 valence electrons. The zero-order valence-corrected chi connectivity index (χ0v) is 17.8. The number of rotatable bonds is 5. The van der Waals surface area contributed by atoms with Crippen LogP contribution in [0.4, 0.5) is 11.4 Å². The summed E-state index contributed by atoms with van der Waals surface area (Å²) < 4.78 is 16.1. The van der Waals surface area contributed by atoms with Crippen molar-refractivity contribution in [2.75, 3.05) is 17.3 Å². The van der Waals surface area contributed by atoms with E-state index >= 15 is 0 Å². The van der Waals surface area contributed by atoms with Gasteiger partial charge in [0.1, 0.15) is 17.3 Å². The van der Waals surface area contributed by atoms with E-state index in [1.54, 1.807) is 61.4 Å². The van der Waals surface area contributed by atoms with Crippen LogP contribution in [0, 0.1) is 13.8 Å². The molecule has 1 aliphatic heterocycles. The van der Waals surface area contributed by atoms with Gasteiger partial charge in [0, 0.05) is 16.8 Å². The predicted molar refractivity (Wildman–Crippen MR) is 115 cm³/mol. The molecule has 4 rings (SSSR count). The van der Waals surface area contributed by atoms with E-state index in [-0.39, 0.29) is 11.8 Å². The van der Waals surface area contributed by atoms with Gasteiger partial charge in [0.05, 0.1) is 25.0 Å². The van der Waals surface area contributed by atoms with Crippen molar-refractivity contribution in [2.45, 2.75) is 33.4 Å². The Hall–Kier alpha value is -3.81. The molecule has 3 aromatic rings. The topological polar surface area (TPSA) is 93.9 Å². The number of nitrogens with zero attached hydrogens (tertiary/aromatic N) is 2. The number of ether oxygens (including phenoxy) is 2. The molecule has 8 nitrogen and oxygen atoms in total. The highest BCUT2D eigenvalue weighted by Crippen LogP contribution is 2.38.